The number of aromatic nitrogens is 5. The van der Waals surface area contributed by atoms with Crippen LogP contribution in [0.3, 0.4) is 0 Å². The van der Waals surface area contributed by atoms with Crippen molar-refractivity contribution in [1.82, 2.24) is 24.5 Å². The molecule has 0 amide bonds. The first-order valence-electron chi connectivity index (χ1n) is 20.8. The number of hydrogen-bond acceptors (Lipinski definition) is 7. The predicted octanol–water partition coefficient (Wildman–Crippen LogP) is 13.6. The van der Waals surface area contributed by atoms with E-state index in [9.17, 15) is 0 Å². The summed E-state index contributed by atoms with van der Waals surface area (Å²) >= 11 is 0. The Morgan fingerprint density at radius 3 is 1.71 bits per heavy atom. The van der Waals surface area contributed by atoms with Crippen molar-refractivity contribution in [3.63, 3.8) is 0 Å². The Labute approximate surface area is 352 Å². The molecule has 13 aromatic rings. The molecule has 1 unspecified atom stereocenters. The molecule has 0 saturated heterocycles. The smallest absolute Gasteiger partial charge is 0.238 e. The number of fused-ring (bicyclic) bond motifs is 14. The molecule has 8 heteroatoms. The summed E-state index contributed by atoms with van der Waals surface area (Å²) in [5.74, 6) is 2.06. The molecule has 0 N–H and O–H groups in total. The summed E-state index contributed by atoms with van der Waals surface area (Å²) in [6.45, 7) is 0. The van der Waals surface area contributed by atoms with Crippen LogP contribution < -0.4 is 0 Å². The van der Waals surface area contributed by atoms with Crippen LogP contribution in [0.1, 0.15) is 22.9 Å². The molecule has 8 nitrogen and oxygen atoms in total. The minimum absolute atomic E-state index is 0.121. The molecule has 0 bridgehead atoms. The third-order valence-corrected chi connectivity index (χ3v) is 12.7. The molecular formula is C54H31N5O3. The average molecular weight is 798 g/mol. The molecule has 5 heterocycles. The zero-order valence-electron chi connectivity index (χ0n) is 32.9. The normalized spacial score (nSPS) is 13.9. The Morgan fingerprint density at radius 1 is 0.419 bits per heavy atom. The summed E-state index contributed by atoms with van der Waals surface area (Å²) in [6.07, 6.45) is 0.661. The zero-order chi connectivity index (χ0) is 40.5. The van der Waals surface area contributed by atoms with Gasteiger partial charge in [-0.05, 0) is 71.1 Å². The van der Waals surface area contributed by atoms with Gasteiger partial charge in [-0.2, -0.15) is 9.97 Å². The van der Waals surface area contributed by atoms with Crippen molar-refractivity contribution in [2.45, 2.75) is 12.3 Å². The van der Waals surface area contributed by atoms with Gasteiger partial charge in [0.05, 0.1) is 28.1 Å². The number of hydrogen-bond donors (Lipinski definition) is 0. The van der Waals surface area contributed by atoms with Gasteiger partial charge in [0.2, 0.25) is 11.8 Å². The highest BCUT2D eigenvalue weighted by Crippen LogP contribution is 2.48. The second-order valence-corrected chi connectivity index (χ2v) is 16.0. The predicted molar refractivity (Wildman–Crippen MR) is 245 cm³/mol. The van der Waals surface area contributed by atoms with E-state index in [1.807, 2.05) is 84.9 Å². The minimum atomic E-state index is -0.121. The maximum atomic E-state index is 6.61. The second-order valence-electron chi connectivity index (χ2n) is 16.0. The van der Waals surface area contributed by atoms with Crippen molar-refractivity contribution in [1.29, 1.82) is 0 Å². The van der Waals surface area contributed by atoms with Crippen molar-refractivity contribution in [2.75, 3.05) is 0 Å². The van der Waals surface area contributed by atoms with Gasteiger partial charge in [0, 0.05) is 32.3 Å². The molecule has 62 heavy (non-hydrogen) atoms. The lowest BCUT2D eigenvalue weighted by molar-refractivity contribution is 0.496. The molecule has 1 atom stereocenters. The van der Waals surface area contributed by atoms with Crippen molar-refractivity contribution < 1.29 is 13.3 Å². The molecule has 0 fully saturated rings. The fourth-order valence-electron chi connectivity index (χ4n) is 9.96. The number of oxazole rings is 1. The second kappa shape index (κ2) is 12.6. The molecular weight excluding hydrogens is 767 g/mol. The first kappa shape index (κ1) is 33.5. The molecule has 5 aromatic heterocycles. The Hall–Kier alpha value is -8.36. The summed E-state index contributed by atoms with van der Waals surface area (Å²) in [5.41, 5.74) is 12.9. The molecule has 290 valence electrons. The van der Waals surface area contributed by atoms with Crippen molar-refractivity contribution >= 4 is 76.8 Å². The van der Waals surface area contributed by atoms with E-state index in [1.54, 1.807) is 0 Å². The van der Waals surface area contributed by atoms with Gasteiger partial charge < -0.3 is 13.3 Å². The van der Waals surface area contributed by atoms with Gasteiger partial charge >= 0.3 is 0 Å². The van der Waals surface area contributed by atoms with Gasteiger partial charge in [0.15, 0.2) is 17.2 Å². The van der Waals surface area contributed by atoms with E-state index in [1.165, 1.54) is 11.1 Å². The third kappa shape index (κ3) is 4.71. The monoisotopic (exact) mass is 797 g/mol. The van der Waals surface area contributed by atoms with E-state index in [4.69, 9.17) is 33.2 Å². The Bertz CT molecular complexity index is 3840. The van der Waals surface area contributed by atoms with Crippen LogP contribution in [0.15, 0.2) is 183 Å². The highest BCUT2D eigenvalue weighted by atomic mass is 16.3. The largest absolute Gasteiger partial charge is 0.455 e. The van der Waals surface area contributed by atoms with E-state index in [0.29, 0.717) is 29.9 Å². The van der Waals surface area contributed by atoms with E-state index >= 15 is 0 Å². The number of furan rings is 2. The molecule has 8 aromatic carbocycles. The van der Waals surface area contributed by atoms with Gasteiger partial charge in [-0.15, -0.1) is 0 Å². The van der Waals surface area contributed by atoms with Crippen molar-refractivity contribution in [2.24, 2.45) is 0 Å². The molecule has 1 aliphatic rings. The Morgan fingerprint density at radius 2 is 1.00 bits per heavy atom. The SMILES string of the molecule is c1ccc2c(c1)-c1ccc3c4ccccc4n(-c4nc(-c5cccc6c5oc5ccccc56)nc(-c5cccc6c5oc5ccccc56)n4)c3c1CC2c1nc2ccccc2o1. The Kier molecular flexibility index (Phi) is 6.79. The van der Waals surface area contributed by atoms with E-state index in [2.05, 4.69) is 89.5 Å². The van der Waals surface area contributed by atoms with Gasteiger partial charge in [-0.1, -0.05) is 127 Å². The summed E-state index contributed by atoms with van der Waals surface area (Å²) < 4.78 is 22.0. The molecule has 14 rings (SSSR count). The first-order chi connectivity index (χ1) is 30.7. The number of nitrogens with zero attached hydrogens (tertiary/aromatic N) is 5. The third-order valence-electron chi connectivity index (χ3n) is 12.7. The van der Waals surface area contributed by atoms with Crippen LogP contribution in [0, 0.1) is 0 Å². The van der Waals surface area contributed by atoms with Crippen molar-refractivity contribution in [3.05, 3.63) is 187 Å². The van der Waals surface area contributed by atoms with E-state index < -0.39 is 0 Å². The quantitative estimate of drug-likeness (QED) is 0.175. The fraction of sp³-hybridized carbons (Fsp3) is 0.0370. The average Bonchev–Trinajstić information content (AvgIpc) is 4.11. The van der Waals surface area contributed by atoms with E-state index in [0.717, 1.165) is 99.0 Å². The molecule has 0 aliphatic heterocycles. The van der Waals surface area contributed by atoms with Crippen LogP contribution in [0.25, 0.3) is 117 Å². The van der Waals surface area contributed by atoms with Crippen LogP contribution in [0.4, 0.5) is 0 Å². The van der Waals surface area contributed by atoms with Crippen molar-refractivity contribution in [3.8, 4) is 39.9 Å². The maximum absolute atomic E-state index is 6.61. The molecule has 0 saturated carbocycles. The molecule has 0 spiro atoms. The number of benzene rings is 8. The van der Waals surface area contributed by atoms with Crippen LogP contribution in [-0.2, 0) is 6.42 Å². The fourth-order valence-corrected chi connectivity index (χ4v) is 9.96. The first-order valence-corrected chi connectivity index (χ1v) is 20.8. The van der Waals surface area contributed by atoms with Crippen LogP contribution in [0.2, 0.25) is 0 Å². The summed E-state index contributed by atoms with van der Waals surface area (Å²) in [7, 11) is 0. The highest BCUT2D eigenvalue weighted by molar-refractivity contribution is 6.13. The maximum Gasteiger partial charge on any atom is 0.238 e. The summed E-state index contributed by atoms with van der Waals surface area (Å²) in [6, 6.07) is 58.2. The van der Waals surface area contributed by atoms with Crippen LogP contribution in [-0.4, -0.2) is 24.5 Å². The molecule has 1 aliphatic carbocycles. The highest BCUT2D eigenvalue weighted by Gasteiger charge is 2.33. The molecule has 0 radical (unpaired) electrons. The van der Waals surface area contributed by atoms with Gasteiger partial charge in [-0.25, -0.2) is 9.97 Å². The lowest BCUT2D eigenvalue weighted by atomic mass is 9.78. The standard InChI is InChI=1S/C54H31N5O3/c1-2-14-31-30(13-1)32-27-28-36-33-15-3-7-23-44(33)59(48(36)41(32)29-42(31)53-55-43-22-6-10-26-47(43)62-53)54-57-51(39-20-11-18-37-34-16-4-8-24-45(34)60-49(37)39)56-52(58-54)40-21-12-19-38-35-17-5-9-25-46(35)61-50(38)40/h1-28,42H,29H2. The minimum Gasteiger partial charge on any atom is -0.455 e. The Balaban J connectivity index is 1.08. The zero-order valence-corrected chi connectivity index (χ0v) is 32.9. The summed E-state index contributed by atoms with van der Waals surface area (Å²) in [5, 5.41) is 6.27. The van der Waals surface area contributed by atoms with Crippen LogP contribution >= 0.6 is 0 Å². The lowest BCUT2D eigenvalue weighted by Crippen LogP contribution is -2.15. The van der Waals surface area contributed by atoms with Gasteiger partial charge in [-0.3, -0.25) is 4.57 Å². The summed E-state index contributed by atoms with van der Waals surface area (Å²) in [4.78, 5) is 21.2. The van der Waals surface area contributed by atoms with Gasteiger partial charge in [0.1, 0.15) is 27.8 Å². The van der Waals surface area contributed by atoms with Gasteiger partial charge in [0.25, 0.3) is 0 Å². The topological polar surface area (TPSA) is 95.9 Å². The number of para-hydroxylation sites is 7. The number of rotatable bonds is 4. The van der Waals surface area contributed by atoms with E-state index in [-0.39, 0.29) is 5.92 Å². The lowest BCUT2D eigenvalue weighted by Gasteiger charge is -2.27. The van der Waals surface area contributed by atoms with Crippen LogP contribution in [0.5, 0.6) is 0 Å².